The van der Waals surface area contributed by atoms with Crippen molar-refractivity contribution in [3.8, 4) is 6.07 Å². The fourth-order valence-electron chi connectivity index (χ4n) is 3.68. The van der Waals surface area contributed by atoms with Crippen molar-refractivity contribution >= 4 is 5.69 Å². The van der Waals surface area contributed by atoms with Crippen molar-refractivity contribution in [3.63, 3.8) is 0 Å². The van der Waals surface area contributed by atoms with Crippen molar-refractivity contribution in [2.24, 2.45) is 0 Å². The first-order valence-electron chi connectivity index (χ1n) is 8.15. The fourth-order valence-corrected chi connectivity index (χ4v) is 3.68. The second kappa shape index (κ2) is 5.54. The van der Waals surface area contributed by atoms with Gasteiger partial charge in [0.25, 0.3) is 0 Å². The average Bonchev–Trinajstić information content (AvgIpc) is 2.98. The molecular weight excluding hydrogens is 292 g/mol. The molecule has 1 heterocycles. The lowest BCUT2D eigenvalue weighted by Gasteiger charge is -2.30. The van der Waals surface area contributed by atoms with Crippen LogP contribution in [0.1, 0.15) is 28.3 Å². The Morgan fingerprint density at radius 3 is 2.25 bits per heavy atom. The van der Waals surface area contributed by atoms with Gasteiger partial charge in [0, 0.05) is 11.3 Å². The predicted octanol–water partition coefficient (Wildman–Crippen LogP) is 4.97. The molecular formula is C22H18N2. The Bertz CT molecular complexity index is 907. The molecule has 1 aliphatic rings. The van der Waals surface area contributed by atoms with Crippen LogP contribution in [-0.2, 0) is 5.41 Å². The molecule has 0 aromatic heterocycles. The summed E-state index contributed by atoms with van der Waals surface area (Å²) in [7, 11) is 0. The summed E-state index contributed by atoms with van der Waals surface area (Å²) >= 11 is 0. The third kappa shape index (κ3) is 2.02. The van der Waals surface area contributed by atoms with Crippen LogP contribution in [0.15, 0.2) is 78.9 Å². The lowest BCUT2D eigenvalue weighted by atomic mass is 9.70. The first-order chi connectivity index (χ1) is 11.8. The van der Waals surface area contributed by atoms with E-state index < -0.39 is 5.41 Å². The van der Waals surface area contributed by atoms with Gasteiger partial charge in [0.05, 0.1) is 12.1 Å². The molecule has 2 nitrogen and oxygen atoms in total. The highest BCUT2D eigenvalue weighted by atomic mass is 15.0. The van der Waals surface area contributed by atoms with E-state index in [1.807, 2.05) is 42.5 Å². The topological polar surface area (TPSA) is 35.8 Å². The lowest BCUT2D eigenvalue weighted by molar-refractivity contribution is 0.587. The smallest absolute Gasteiger partial charge is 0.133 e. The van der Waals surface area contributed by atoms with E-state index in [0.717, 1.165) is 22.4 Å². The minimum atomic E-state index is -0.729. The van der Waals surface area contributed by atoms with Crippen LogP contribution in [-0.4, -0.2) is 0 Å². The van der Waals surface area contributed by atoms with Crippen LogP contribution in [0.5, 0.6) is 0 Å². The van der Waals surface area contributed by atoms with Gasteiger partial charge in [-0.05, 0) is 24.1 Å². The fraction of sp³-hybridized carbons (Fsp3) is 0.136. The van der Waals surface area contributed by atoms with Gasteiger partial charge in [0.1, 0.15) is 5.41 Å². The number of hydrogen-bond donors (Lipinski definition) is 1. The minimum absolute atomic E-state index is 0.108. The summed E-state index contributed by atoms with van der Waals surface area (Å²) in [4.78, 5) is 0. The third-order valence-corrected chi connectivity index (χ3v) is 4.90. The summed E-state index contributed by atoms with van der Waals surface area (Å²) in [5.41, 5.74) is 4.72. The van der Waals surface area contributed by atoms with Gasteiger partial charge < -0.3 is 5.32 Å². The van der Waals surface area contributed by atoms with Gasteiger partial charge >= 0.3 is 0 Å². The van der Waals surface area contributed by atoms with Crippen molar-refractivity contribution in [2.75, 3.05) is 5.32 Å². The number of anilines is 1. The molecule has 24 heavy (non-hydrogen) atoms. The normalized spacial score (nSPS) is 21.6. The summed E-state index contributed by atoms with van der Waals surface area (Å²) in [5.74, 6) is 0. The summed E-state index contributed by atoms with van der Waals surface area (Å²) in [5, 5.41) is 13.9. The molecule has 0 saturated heterocycles. The second-order valence-corrected chi connectivity index (χ2v) is 6.32. The molecule has 116 valence electrons. The van der Waals surface area contributed by atoms with Crippen molar-refractivity contribution in [3.05, 3.63) is 101 Å². The number of para-hydroxylation sites is 1. The number of nitriles is 1. The van der Waals surface area contributed by atoms with Crippen molar-refractivity contribution < 1.29 is 0 Å². The van der Waals surface area contributed by atoms with E-state index in [0.29, 0.717) is 0 Å². The number of hydrogen-bond acceptors (Lipinski definition) is 2. The molecule has 1 aliphatic heterocycles. The van der Waals surface area contributed by atoms with Crippen LogP contribution in [0, 0.1) is 18.3 Å². The molecule has 3 aromatic rings. The molecule has 3 aromatic carbocycles. The molecule has 0 bridgehead atoms. The number of nitrogens with one attached hydrogen (secondary N) is 1. The van der Waals surface area contributed by atoms with Gasteiger partial charge in [0.15, 0.2) is 0 Å². The zero-order chi connectivity index (χ0) is 16.6. The Hall–Kier alpha value is -3.05. The van der Waals surface area contributed by atoms with Gasteiger partial charge in [-0.2, -0.15) is 5.26 Å². The van der Waals surface area contributed by atoms with Crippen molar-refractivity contribution in [1.29, 1.82) is 5.26 Å². The number of nitrogens with zero attached hydrogens (tertiary/aromatic N) is 1. The maximum absolute atomic E-state index is 10.3. The molecule has 0 saturated carbocycles. The highest BCUT2D eigenvalue weighted by Gasteiger charge is 2.49. The molecule has 0 unspecified atom stereocenters. The Morgan fingerprint density at radius 2 is 1.54 bits per heavy atom. The quantitative estimate of drug-likeness (QED) is 0.725. The highest BCUT2D eigenvalue weighted by molar-refractivity contribution is 5.70. The number of aryl methyl sites for hydroxylation is 1. The van der Waals surface area contributed by atoms with Crippen LogP contribution in [0.25, 0.3) is 0 Å². The molecule has 0 fully saturated rings. The summed E-state index contributed by atoms with van der Waals surface area (Å²) in [6, 6.07) is 29.2. The Labute approximate surface area is 142 Å². The van der Waals surface area contributed by atoms with Crippen LogP contribution >= 0.6 is 0 Å². The number of fused-ring (bicyclic) bond motifs is 1. The van der Waals surface area contributed by atoms with E-state index in [1.54, 1.807) is 0 Å². The molecule has 0 aliphatic carbocycles. The zero-order valence-electron chi connectivity index (χ0n) is 13.5. The maximum Gasteiger partial charge on any atom is 0.133 e. The first kappa shape index (κ1) is 14.5. The molecule has 0 spiro atoms. The van der Waals surface area contributed by atoms with E-state index in [1.165, 1.54) is 5.56 Å². The Morgan fingerprint density at radius 1 is 0.875 bits per heavy atom. The zero-order valence-corrected chi connectivity index (χ0v) is 13.5. The standard InChI is InChI=1S/C22H18N2/c1-16-11-13-17(14-12-16)21-22(15-23,18-7-3-2-4-8-18)19-9-5-6-10-20(19)24-21/h2-14,21,24H,1H3/t21-,22+/m1/s1. The van der Waals surface area contributed by atoms with Crippen molar-refractivity contribution in [2.45, 2.75) is 18.4 Å². The summed E-state index contributed by atoms with van der Waals surface area (Å²) < 4.78 is 0. The molecule has 4 rings (SSSR count). The second-order valence-electron chi connectivity index (χ2n) is 6.32. The first-order valence-corrected chi connectivity index (χ1v) is 8.15. The molecule has 2 atom stereocenters. The average molecular weight is 310 g/mol. The lowest BCUT2D eigenvalue weighted by Crippen LogP contribution is -2.32. The molecule has 0 radical (unpaired) electrons. The summed E-state index contributed by atoms with van der Waals surface area (Å²) in [6.07, 6.45) is 0. The van der Waals surface area contributed by atoms with E-state index in [9.17, 15) is 5.26 Å². The number of rotatable bonds is 2. The van der Waals surface area contributed by atoms with Crippen LogP contribution in [0.3, 0.4) is 0 Å². The van der Waals surface area contributed by atoms with Gasteiger partial charge in [-0.25, -0.2) is 0 Å². The largest absolute Gasteiger partial charge is 0.376 e. The van der Waals surface area contributed by atoms with Crippen LogP contribution in [0.4, 0.5) is 5.69 Å². The Balaban J connectivity index is 1.97. The van der Waals surface area contributed by atoms with Crippen LogP contribution < -0.4 is 5.32 Å². The Kier molecular flexibility index (Phi) is 3.36. The van der Waals surface area contributed by atoms with E-state index in [2.05, 4.69) is 54.7 Å². The minimum Gasteiger partial charge on any atom is -0.376 e. The maximum atomic E-state index is 10.3. The monoisotopic (exact) mass is 310 g/mol. The molecule has 2 heteroatoms. The van der Waals surface area contributed by atoms with E-state index in [-0.39, 0.29) is 6.04 Å². The third-order valence-electron chi connectivity index (χ3n) is 4.90. The predicted molar refractivity (Wildman–Crippen MR) is 96.8 cm³/mol. The molecule has 1 N–H and O–H groups in total. The van der Waals surface area contributed by atoms with Gasteiger partial charge in [0.2, 0.25) is 0 Å². The van der Waals surface area contributed by atoms with Crippen molar-refractivity contribution in [1.82, 2.24) is 0 Å². The summed E-state index contributed by atoms with van der Waals surface area (Å²) in [6.45, 7) is 2.08. The van der Waals surface area contributed by atoms with Gasteiger partial charge in [-0.3, -0.25) is 0 Å². The van der Waals surface area contributed by atoms with Crippen LogP contribution in [0.2, 0.25) is 0 Å². The van der Waals surface area contributed by atoms with E-state index in [4.69, 9.17) is 0 Å². The van der Waals surface area contributed by atoms with E-state index >= 15 is 0 Å². The van der Waals surface area contributed by atoms with Gasteiger partial charge in [-0.1, -0.05) is 78.4 Å². The SMILES string of the molecule is Cc1ccc([C@H]2Nc3ccccc3[C@]2(C#N)c2ccccc2)cc1. The number of benzene rings is 3. The highest BCUT2D eigenvalue weighted by Crippen LogP contribution is 2.52. The molecule has 0 amide bonds. The van der Waals surface area contributed by atoms with Gasteiger partial charge in [-0.15, -0.1) is 0 Å².